The highest BCUT2D eigenvalue weighted by atomic mass is 31.2. The Morgan fingerprint density at radius 1 is 1.04 bits per heavy atom. The molecule has 0 amide bonds. The second kappa shape index (κ2) is 10.0. The lowest BCUT2D eigenvalue weighted by atomic mass is 9.99. The van der Waals surface area contributed by atoms with Crippen LogP contribution < -0.4 is 0 Å². The van der Waals surface area contributed by atoms with Gasteiger partial charge in [0.2, 0.25) is 0 Å². The van der Waals surface area contributed by atoms with Crippen molar-refractivity contribution in [2.75, 3.05) is 33.6 Å². The highest BCUT2D eigenvalue weighted by Crippen LogP contribution is 2.36. The van der Waals surface area contributed by atoms with Gasteiger partial charge in [0.1, 0.15) is 24.4 Å². The van der Waals surface area contributed by atoms with E-state index in [1.165, 1.54) is 7.11 Å². The van der Waals surface area contributed by atoms with Crippen LogP contribution in [0.5, 0.6) is 0 Å². The molecule has 4 N–H and O–H groups in total. The van der Waals surface area contributed by atoms with Gasteiger partial charge in [-0.05, 0) is 19.3 Å². The van der Waals surface area contributed by atoms with E-state index in [9.17, 15) is 19.9 Å². The third kappa shape index (κ3) is 7.55. The van der Waals surface area contributed by atoms with E-state index in [1.54, 1.807) is 0 Å². The summed E-state index contributed by atoms with van der Waals surface area (Å²) < 4.78 is 31.3. The topological polar surface area (TPSA) is 135 Å². The number of ether oxygens (including phenoxy) is 3. The van der Waals surface area contributed by atoms with E-state index < -0.39 is 38.3 Å². The lowest BCUT2D eigenvalue weighted by molar-refractivity contribution is -0.302. The molecule has 138 valence electrons. The molecule has 0 aromatic rings. The molecule has 10 heteroatoms. The number of hydrogen-bond acceptors (Lipinski definition) is 8. The number of unbranched alkanes of at least 4 members (excludes halogenated alkanes) is 2. The molecule has 0 spiro atoms. The van der Waals surface area contributed by atoms with Crippen LogP contribution in [0, 0.1) is 0 Å². The molecule has 1 saturated heterocycles. The summed E-state index contributed by atoms with van der Waals surface area (Å²) in [5.41, 5.74) is 0. The van der Waals surface area contributed by atoms with Crippen molar-refractivity contribution in [1.82, 2.24) is 0 Å². The zero-order valence-electron chi connectivity index (χ0n) is 13.4. The minimum absolute atomic E-state index is 0.0698. The second-order valence-electron chi connectivity index (χ2n) is 5.54. The Labute approximate surface area is 135 Å². The SMILES string of the molecule is COCC1OC(OCCCCCOP(C)(=O)O)C(O)C(O)C1O. The van der Waals surface area contributed by atoms with Gasteiger partial charge < -0.3 is 38.9 Å². The molecule has 1 aliphatic rings. The Hall–Kier alpha value is -0.0900. The van der Waals surface area contributed by atoms with Crippen LogP contribution in [0.4, 0.5) is 0 Å². The molecular formula is C13H27O9P. The average molecular weight is 358 g/mol. The van der Waals surface area contributed by atoms with Crippen LogP contribution in [0.25, 0.3) is 0 Å². The predicted octanol–water partition coefficient (Wildman–Crippen LogP) is -0.541. The molecule has 1 rings (SSSR count). The molecule has 0 aromatic heterocycles. The quantitative estimate of drug-likeness (QED) is 0.300. The van der Waals surface area contributed by atoms with Crippen molar-refractivity contribution in [2.45, 2.75) is 50.0 Å². The van der Waals surface area contributed by atoms with Crippen LogP contribution in [0.3, 0.4) is 0 Å². The summed E-state index contributed by atoms with van der Waals surface area (Å²) in [5, 5.41) is 29.4. The Bertz CT molecular complexity index is 374. The fourth-order valence-corrected chi connectivity index (χ4v) is 2.64. The van der Waals surface area contributed by atoms with E-state index >= 15 is 0 Å². The highest BCUT2D eigenvalue weighted by Gasteiger charge is 2.44. The number of methoxy groups -OCH3 is 1. The van der Waals surface area contributed by atoms with Crippen molar-refractivity contribution >= 4 is 7.60 Å². The Balaban J connectivity index is 2.24. The molecular weight excluding hydrogens is 331 g/mol. The zero-order chi connectivity index (χ0) is 17.5. The van der Waals surface area contributed by atoms with Crippen LogP contribution in [-0.2, 0) is 23.3 Å². The van der Waals surface area contributed by atoms with Crippen molar-refractivity contribution in [3.63, 3.8) is 0 Å². The number of hydrogen-bond donors (Lipinski definition) is 4. The van der Waals surface area contributed by atoms with E-state index in [-0.39, 0.29) is 19.8 Å². The minimum atomic E-state index is -3.43. The van der Waals surface area contributed by atoms with Gasteiger partial charge in [0.05, 0.1) is 13.2 Å². The fraction of sp³-hybridized carbons (Fsp3) is 1.00. The molecule has 0 radical (unpaired) electrons. The normalized spacial score (nSPS) is 34.3. The van der Waals surface area contributed by atoms with Crippen LogP contribution in [-0.4, -0.2) is 84.5 Å². The smallest absolute Gasteiger partial charge is 0.325 e. The molecule has 0 bridgehead atoms. The molecule has 6 atom stereocenters. The third-order valence-corrected chi connectivity index (χ3v) is 4.06. The summed E-state index contributed by atoms with van der Waals surface area (Å²) in [6, 6.07) is 0. The van der Waals surface area contributed by atoms with E-state index in [4.69, 9.17) is 23.6 Å². The molecule has 1 heterocycles. The van der Waals surface area contributed by atoms with Gasteiger partial charge in [0.25, 0.3) is 0 Å². The van der Waals surface area contributed by atoms with Gasteiger partial charge in [-0.1, -0.05) is 0 Å². The predicted molar refractivity (Wildman–Crippen MR) is 80.1 cm³/mol. The van der Waals surface area contributed by atoms with Gasteiger partial charge >= 0.3 is 7.60 Å². The maximum atomic E-state index is 10.9. The van der Waals surface area contributed by atoms with Crippen LogP contribution >= 0.6 is 7.60 Å². The maximum Gasteiger partial charge on any atom is 0.325 e. The van der Waals surface area contributed by atoms with Gasteiger partial charge in [-0.15, -0.1) is 0 Å². The van der Waals surface area contributed by atoms with E-state index in [2.05, 4.69) is 0 Å². The van der Waals surface area contributed by atoms with Crippen molar-refractivity contribution < 1.29 is 43.5 Å². The van der Waals surface area contributed by atoms with Crippen LogP contribution in [0.1, 0.15) is 19.3 Å². The first-order valence-corrected chi connectivity index (χ1v) is 9.53. The van der Waals surface area contributed by atoms with Gasteiger partial charge in [0, 0.05) is 20.4 Å². The Kier molecular flexibility index (Phi) is 9.13. The average Bonchev–Trinajstić information content (AvgIpc) is 2.47. The van der Waals surface area contributed by atoms with Crippen molar-refractivity contribution in [1.29, 1.82) is 0 Å². The monoisotopic (exact) mass is 358 g/mol. The van der Waals surface area contributed by atoms with Crippen molar-refractivity contribution in [2.24, 2.45) is 0 Å². The van der Waals surface area contributed by atoms with Crippen LogP contribution in [0.15, 0.2) is 0 Å². The number of rotatable bonds is 10. The van der Waals surface area contributed by atoms with Crippen LogP contribution in [0.2, 0.25) is 0 Å². The number of aliphatic hydroxyl groups excluding tert-OH is 3. The molecule has 1 aliphatic heterocycles. The molecule has 1 fully saturated rings. The van der Waals surface area contributed by atoms with Gasteiger partial charge in [-0.25, -0.2) is 0 Å². The van der Waals surface area contributed by atoms with Crippen molar-refractivity contribution in [3.8, 4) is 0 Å². The lowest BCUT2D eigenvalue weighted by Gasteiger charge is -2.40. The standard InChI is InChI=1S/C13H27O9P/c1-19-8-9-10(14)11(15)12(16)13(22-9)20-6-4-3-5-7-21-23(2,17)18/h9-16H,3-8H2,1-2H3,(H,17,18). The second-order valence-corrected chi connectivity index (χ2v) is 7.40. The molecule has 0 saturated carbocycles. The van der Waals surface area contributed by atoms with Crippen molar-refractivity contribution in [3.05, 3.63) is 0 Å². The molecule has 9 nitrogen and oxygen atoms in total. The number of aliphatic hydroxyl groups is 3. The molecule has 23 heavy (non-hydrogen) atoms. The van der Waals surface area contributed by atoms with E-state index in [0.717, 1.165) is 6.66 Å². The summed E-state index contributed by atoms with van der Waals surface area (Å²) in [7, 11) is -1.99. The van der Waals surface area contributed by atoms with Gasteiger partial charge in [0.15, 0.2) is 6.29 Å². The van der Waals surface area contributed by atoms with Gasteiger partial charge in [-0.2, -0.15) is 0 Å². The summed E-state index contributed by atoms with van der Waals surface area (Å²) in [6.45, 7) is 1.66. The zero-order valence-corrected chi connectivity index (χ0v) is 14.3. The Morgan fingerprint density at radius 2 is 1.70 bits per heavy atom. The molecule has 6 unspecified atom stereocenters. The molecule has 0 aliphatic carbocycles. The summed E-state index contributed by atoms with van der Waals surface area (Å²) in [5.74, 6) is 0. The molecule has 0 aromatic carbocycles. The van der Waals surface area contributed by atoms with E-state index in [0.29, 0.717) is 19.3 Å². The summed E-state index contributed by atoms with van der Waals surface area (Å²) in [6.07, 6.45) is -3.85. The largest absolute Gasteiger partial charge is 0.387 e. The first-order chi connectivity index (χ1) is 10.8. The third-order valence-electron chi connectivity index (χ3n) is 3.40. The highest BCUT2D eigenvalue weighted by molar-refractivity contribution is 7.51. The lowest BCUT2D eigenvalue weighted by Crippen LogP contribution is -2.59. The fourth-order valence-electron chi connectivity index (χ4n) is 2.17. The summed E-state index contributed by atoms with van der Waals surface area (Å²) >= 11 is 0. The maximum absolute atomic E-state index is 10.9. The summed E-state index contributed by atoms with van der Waals surface area (Å²) in [4.78, 5) is 8.94. The minimum Gasteiger partial charge on any atom is -0.387 e. The Morgan fingerprint density at radius 3 is 2.30 bits per heavy atom. The first kappa shape index (κ1) is 21.0. The van der Waals surface area contributed by atoms with E-state index in [1.807, 2.05) is 0 Å². The van der Waals surface area contributed by atoms with Gasteiger partial charge in [-0.3, -0.25) is 4.57 Å². The first-order valence-electron chi connectivity index (χ1n) is 7.51.